The Hall–Kier alpha value is -1.39. The minimum Gasteiger partial charge on any atom is -0.380 e. The predicted octanol–water partition coefficient (Wildman–Crippen LogP) is 2.29. The first-order valence-corrected chi connectivity index (χ1v) is 6.82. The number of amides is 1. The molecule has 19 heavy (non-hydrogen) atoms. The molecule has 0 aromatic heterocycles. The molecule has 0 spiro atoms. The lowest BCUT2D eigenvalue weighted by Crippen LogP contribution is -2.28. The van der Waals surface area contributed by atoms with Gasteiger partial charge in [-0.05, 0) is 36.5 Å². The van der Waals surface area contributed by atoms with Gasteiger partial charge >= 0.3 is 0 Å². The van der Waals surface area contributed by atoms with Gasteiger partial charge in [0.25, 0.3) is 0 Å². The second-order valence-corrected chi connectivity index (χ2v) is 5.24. The Bertz CT molecular complexity index is 434. The molecule has 3 N–H and O–H groups in total. The third kappa shape index (κ3) is 4.04. The van der Waals surface area contributed by atoms with Crippen molar-refractivity contribution in [3.63, 3.8) is 0 Å². The average Bonchev–Trinajstić information content (AvgIpc) is 2.76. The maximum absolute atomic E-state index is 12.0. The van der Waals surface area contributed by atoms with E-state index in [1.165, 1.54) is 0 Å². The molecular formula is C15H22N2O2. The maximum Gasteiger partial charge on any atom is 0.224 e. The molecule has 0 heterocycles. The Labute approximate surface area is 114 Å². The summed E-state index contributed by atoms with van der Waals surface area (Å²) >= 11 is 0. The summed E-state index contributed by atoms with van der Waals surface area (Å²) < 4.78 is 5.08. The molecule has 1 aliphatic carbocycles. The number of carbonyl (C=O) groups is 1. The van der Waals surface area contributed by atoms with E-state index in [9.17, 15) is 4.79 Å². The molecule has 1 saturated carbocycles. The Morgan fingerprint density at radius 1 is 1.47 bits per heavy atom. The largest absolute Gasteiger partial charge is 0.380 e. The highest BCUT2D eigenvalue weighted by Crippen LogP contribution is 2.27. The van der Waals surface area contributed by atoms with Crippen LogP contribution in [0, 0.1) is 5.92 Å². The van der Waals surface area contributed by atoms with Gasteiger partial charge in [0.2, 0.25) is 5.91 Å². The summed E-state index contributed by atoms with van der Waals surface area (Å²) in [6.45, 7) is 0.553. The topological polar surface area (TPSA) is 64.3 Å². The third-order valence-electron chi connectivity index (χ3n) is 3.69. The van der Waals surface area contributed by atoms with E-state index in [1.807, 2.05) is 24.3 Å². The number of methoxy groups -OCH3 is 1. The van der Waals surface area contributed by atoms with Crippen LogP contribution in [-0.4, -0.2) is 19.1 Å². The van der Waals surface area contributed by atoms with Gasteiger partial charge in [-0.1, -0.05) is 18.6 Å². The first-order valence-electron chi connectivity index (χ1n) is 6.82. The summed E-state index contributed by atoms with van der Waals surface area (Å²) in [5.41, 5.74) is 7.87. The average molecular weight is 262 g/mol. The van der Waals surface area contributed by atoms with Crippen molar-refractivity contribution in [1.29, 1.82) is 0 Å². The standard InChI is InChI=1S/C15H22N2O2/c1-19-10-11-4-2-6-13(8-11)17-15(18)9-12-5-3-7-14(12)16/h2,4,6,8,12,14H,3,5,7,9-10,16H2,1H3,(H,17,18)/t12-,14+/m0/s1. The number of benzene rings is 1. The lowest BCUT2D eigenvalue weighted by Gasteiger charge is -2.15. The quantitative estimate of drug-likeness (QED) is 0.855. The van der Waals surface area contributed by atoms with Crippen molar-refractivity contribution in [3.05, 3.63) is 29.8 Å². The highest BCUT2D eigenvalue weighted by molar-refractivity contribution is 5.91. The number of hydrogen-bond acceptors (Lipinski definition) is 3. The molecule has 1 aromatic carbocycles. The van der Waals surface area contributed by atoms with Crippen LogP contribution in [0.3, 0.4) is 0 Å². The Kier molecular flexibility index (Phi) is 4.93. The van der Waals surface area contributed by atoms with Gasteiger partial charge in [-0.3, -0.25) is 4.79 Å². The third-order valence-corrected chi connectivity index (χ3v) is 3.69. The van der Waals surface area contributed by atoms with Crippen molar-refractivity contribution in [1.82, 2.24) is 0 Å². The zero-order chi connectivity index (χ0) is 13.7. The van der Waals surface area contributed by atoms with E-state index in [0.717, 1.165) is 30.5 Å². The molecule has 2 rings (SSSR count). The van der Waals surface area contributed by atoms with Gasteiger partial charge in [-0.25, -0.2) is 0 Å². The summed E-state index contributed by atoms with van der Waals surface area (Å²) in [4.78, 5) is 12.0. The fourth-order valence-electron chi connectivity index (χ4n) is 2.67. The van der Waals surface area contributed by atoms with Crippen LogP contribution in [0.5, 0.6) is 0 Å². The van der Waals surface area contributed by atoms with E-state index in [2.05, 4.69) is 5.32 Å². The predicted molar refractivity (Wildman–Crippen MR) is 75.7 cm³/mol. The number of nitrogens with two attached hydrogens (primary N) is 1. The second-order valence-electron chi connectivity index (χ2n) is 5.24. The molecule has 0 saturated heterocycles. The fraction of sp³-hybridized carbons (Fsp3) is 0.533. The lowest BCUT2D eigenvalue weighted by molar-refractivity contribution is -0.117. The van der Waals surface area contributed by atoms with Crippen molar-refractivity contribution in [3.8, 4) is 0 Å². The Morgan fingerprint density at radius 3 is 3.00 bits per heavy atom. The van der Waals surface area contributed by atoms with Crippen LogP contribution in [0.2, 0.25) is 0 Å². The molecule has 4 heteroatoms. The molecule has 2 atom stereocenters. The lowest BCUT2D eigenvalue weighted by atomic mass is 10.00. The number of carbonyl (C=O) groups excluding carboxylic acids is 1. The van der Waals surface area contributed by atoms with Crippen LogP contribution >= 0.6 is 0 Å². The van der Waals surface area contributed by atoms with Crippen molar-refractivity contribution < 1.29 is 9.53 Å². The van der Waals surface area contributed by atoms with Crippen molar-refractivity contribution >= 4 is 11.6 Å². The van der Waals surface area contributed by atoms with Crippen molar-refractivity contribution in [2.45, 2.75) is 38.3 Å². The highest BCUT2D eigenvalue weighted by Gasteiger charge is 2.25. The number of rotatable bonds is 5. The monoisotopic (exact) mass is 262 g/mol. The normalized spacial score (nSPS) is 22.4. The summed E-state index contributed by atoms with van der Waals surface area (Å²) in [7, 11) is 1.66. The summed E-state index contributed by atoms with van der Waals surface area (Å²) in [6, 6.07) is 7.92. The number of anilines is 1. The zero-order valence-electron chi connectivity index (χ0n) is 11.4. The van der Waals surface area contributed by atoms with Gasteiger partial charge in [0, 0.05) is 25.3 Å². The van der Waals surface area contributed by atoms with Crippen molar-refractivity contribution in [2.75, 3.05) is 12.4 Å². The minimum absolute atomic E-state index is 0.0527. The molecule has 0 aliphatic heterocycles. The van der Waals surface area contributed by atoms with E-state index in [-0.39, 0.29) is 11.9 Å². The van der Waals surface area contributed by atoms with Gasteiger partial charge in [0.1, 0.15) is 0 Å². The fourth-order valence-corrected chi connectivity index (χ4v) is 2.67. The van der Waals surface area contributed by atoms with Crippen LogP contribution in [0.15, 0.2) is 24.3 Å². The molecule has 1 aliphatic rings. The second kappa shape index (κ2) is 6.68. The smallest absolute Gasteiger partial charge is 0.224 e. The van der Waals surface area contributed by atoms with Crippen LogP contribution in [-0.2, 0) is 16.1 Å². The van der Waals surface area contributed by atoms with Gasteiger partial charge < -0.3 is 15.8 Å². The SMILES string of the molecule is COCc1cccc(NC(=O)C[C@@H]2CCC[C@H]2N)c1. The van der Waals surface area contributed by atoms with E-state index < -0.39 is 0 Å². The van der Waals surface area contributed by atoms with E-state index in [4.69, 9.17) is 10.5 Å². The van der Waals surface area contributed by atoms with Crippen LogP contribution in [0.1, 0.15) is 31.2 Å². The minimum atomic E-state index is 0.0527. The van der Waals surface area contributed by atoms with Gasteiger partial charge in [-0.15, -0.1) is 0 Å². The van der Waals surface area contributed by atoms with Crippen LogP contribution < -0.4 is 11.1 Å². The van der Waals surface area contributed by atoms with Gasteiger partial charge in [0.05, 0.1) is 6.61 Å². The molecule has 4 nitrogen and oxygen atoms in total. The van der Waals surface area contributed by atoms with Gasteiger partial charge in [-0.2, -0.15) is 0 Å². The summed E-state index contributed by atoms with van der Waals surface area (Å²) in [5.74, 6) is 0.388. The van der Waals surface area contributed by atoms with Crippen molar-refractivity contribution in [2.24, 2.45) is 11.7 Å². The molecule has 0 unspecified atom stereocenters. The van der Waals surface area contributed by atoms with Crippen LogP contribution in [0.25, 0.3) is 0 Å². The highest BCUT2D eigenvalue weighted by atomic mass is 16.5. The van der Waals surface area contributed by atoms with Crippen LogP contribution in [0.4, 0.5) is 5.69 Å². The van der Waals surface area contributed by atoms with Gasteiger partial charge in [0.15, 0.2) is 0 Å². The zero-order valence-corrected chi connectivity index (χ0v) is 11.4. The molecule has 1 aromatic rings. The molecule has 0 radical (unpaired) electrons. The summed E-state index contributed by atoms with van der Waals surface area (Å²) in [5, 5.41) is 2.94. The number of hydrogen-bond donors (Lipinski definition) is 2. The number of nitrogens with one attached hydrogen (secondary N) is 1. The first-order chi connectivity index (χ1) is 9.19. The summed E-state index contributed by atoms with van der Waals surface area (Å²) in [6.07, 6.45) is 3.78. The number of ether oxygens (including phenoxy) is 1. The molecule has 104 valence electrons. The molecular weight excluding hydrogens is 240 g/mol. The van der Waals surface area contributed by atoms with E-state index in [0.29, 0.717) is 18.9 Å². The molecule has 1 fully saturated rings. The van der Waals surface area contributed by atoms with E-state index in [1.54, 1.807) is 7.11 Å². The Balaban J connectivity index is 1.89. The molecule has 1 amide bonds. The van der Waals surface area contributed by atoms with E-state index >= 15 is 0 Å². The first kappa shape index (κ1) is 14.0. The maximum atomic E-state index is 12.0. The Morgan fingerprint density at radius 2 is 2.32 bits per heavy atom. The molecule has 0 bridgehead atoms.